The quantitative estimate of drug-likeness (QED) is 0.387. The average molecular weight is 532 g/mol. The first-order chi connectivity index (χ1) is 18.3. The zero-order valence-corrected chi connectivity index (χ0v) is 20.8. The number of ether oxygens (including phenoxy) is 1. The predicted octanol–water partition coefficient (Wildman–Crippen LogP) is 0.120. The molecule has 12 nitrogen and oxygen atoms in total. The number of hydrogen-bond acceptors (Lipinski definition) is 10. The van der Waals surface area contributed by atoms with Crippen molar-refractivity contribution in [2.75, 3.05) is 72.9 Å². The van der Waals surface area contributed by atoms with Gasteiger partial charge in [-0.15, -0.1) is 0 Å². The van der Waals surface area contributed by atoms with Crippen LogP contribution in [0.3, 0.4) is 0 Å². The van der Waals surface area contributed by atoms with Gasteiger partial charge in [-0.25, -0.2) is 18.7 Å². The monoisotopic (exact) mass is 531 g/mol. The third kappa shape index (κ3) is 5.00. The van der Waals surface area contributed by atoms with Gasteiger partial charge < -0.3 is 41.5 Å². The molecule has 14 heteroatoms. The number of fused-ring (bicyclic) bond motifs is 1. The van der Waals surface area contributed by atoms with E-state index in [1.807, 2.05) is 9.80 Å². The molecule has 2 fully saturated rings. The third-order valence-electron chi connectivity index (χ3n) is 7.02. The summed E-state index contributed by atoms with van der Waals surface area (Å²) in [5.41, 5.74) is 9.89. The molecular weight excluding hydrogens is 500 g/mol. The molecule has 1 aromatic carbocycles. The van der Waals surface area contributed by atoms with Crippen LogP contribution in [0.4, 0.5) is 31.8 Å². The van der Waals surface area contributed by atoms with Crippen LogP contribution in [-0.2, 0) is 20.0 Å². The van der Waals surface area contributed by atoms with Gasteiger partial charge in [0.2, 0.25) is 17.5 Å². The van der Waals surface area contributed by atoms with E-state index in [4.69, 9.17) is 16.2 Å². The van der Waals surface area contributed by atoms with Gasteiger partial charge in [0.15, 0.2) is 5.82 Å². The SMILES string of the molecule is NC(=O)[C@H](N)CC(=O)N1CCN(c2cc(N3CCOCC3)nc(C3(C(F)F)Nc4ccccc4N3)n2)CC1. The number of nitrogens with one attached hydrogen (secondary N) is 2. The van der Waals surface area contributed by atoms with Crippen LogP contribution in [0, 0.1) is 0 Å². The van der Waals surface area contributed by atoms with Crippen molar-refractivity contribution in [3.63, 3.8) is 0 Å². The lowest BCUT2D eigenvalue weighted by Gasteiger charge is -2.37. The summed E-state index contributed by atoms with van der Waals surface area (Å²) in [4.78, 5) is 38.5. The van der Waals surface area contributed by atoms with Gasteiger partial charge in [0.1, 0.15) is 11.6 Å². The summed E-state index contributed by atoms with van der Waals surface area (Å²) >= 11 is 0. The molecule has 2 aromatic rings. The van der Waals surface area contributed by atoms with Crippen molar-refractivity contribution >= 4 is 34.8 Å². The topological polar surface area (TPSA) is 155 Å². The number of aromatic nitrogens is 2. The fourth-order valence-corrected chi connectivity index (χ4v) is 4.79. The van der Waals surface area contributed by atoms with E-state index in [-0.39, 0.29) is 18.2 Å². The van der Waals surface area contributed by atoms with Crippen molar-refractivity contribution in [2.45, 2.75) is 24.6 Å². The highest BCUT2D eigenvalue weighted by atomic mass is 19.3. The van der Waals surface area contributed by atoms with Gasteiger partial charge in [-0.05, 0) is 12.1 Å². The second kappa shape index (κ2) is 10.5. The molecule has 2 amide bonds. The van der Waals surface area contributed by atoms with E-state index in [9.17, 15) is 18.4 Å². The van der Waals surface area contributed by atoms with E-state index in [1.165, 1.54) is 0 Å². The number of piperazine rings is 1. The number of amides is 2. The highest BCUT2D eigenvalue weighted by Gasteiger charge is 2.50. The molecular formula is C24H31F2N9O3. The lowest BCUT2D eigenvalue weighted by Crippen LogP contribution is -2.51. The standard InChI is InChI=1S/C24H31F2N9O3/c25-22(26)24(31-16-3-1-2-4-17(16)32-24)23-29-18(14-19(30-23)34-9-11-38-12-10-34)33-5-7-35(8-6-33)20(36)13-15(27)21(28)37/h1-4,14-15,22,31-32H,5-13,27H2,(H2,28,37)/t15-/m1/s1. The van der Waals surface area contributed by atoms with Crippen LogP contribution in [0.2, 0.25) is 0 Å². The maximum atomic E-state index is 14.8. The van der Waals surface area contributed by atoms with Crippen molar-refractivity contribution in [1.82, 2.24) is 14.9 Å². The summed E-state index contributed by atoms with van der Waals surface area (Å²) in [6.07, 6.45) is -3.03. The molecule has 4 heterocycles. The minimum absolute atomic E-state index is 0.0753. The Morgan fingerprint density at radius 1 is 0.974 bits per heavy atom. The smallest absolute Gasteiger partial charge is 0.286 e. The van der Waals surface area contributed by atoms with Gasteiger partial charge in [-0.1, -0.05) is 12.1 Å². The highest BCUT2D eigenvalue weighted by Crippen LogP contribution is 2.42. The van der Waals surface area contributed by atoms with Gasteiger partial charge in [0.25, 0.3) is 6.43 Å². The molecule has 0 unspecified atom stereocenters. The van der Waals surface area contributed by atoms with Crippen LogP contribution < -0.4 is 31.9 Å². The average Bonchev–Trinajstić information content (AvgIpc) is 3.35. The van der Waals surface area contributed by atoms with Crippen LogP contribution in [0.15, 0.2) is 30.3 Å². The lowest BCUT2D eigenvalue weighted by atomic mass is 10.1. The zero-order valence-electron chi connectivity index (χ0n) is 20.8. The largest absolute Gasteiger partial charge is 0.378 e. The van der Waals surface area contributed by atoms with Crippen molar-refractivity contribution in [3.8, 4) is 0 Å². The van der Waals surface area contributed by atoms with Crippen LogP contribution in [0.25, 0.3) is 0 Å². The number of carbonyl (C=O) groups excluding carboxylic acids is 2. The third-order valence-corrected chi connectivity index (χ3v) is 7.02. The molecule has 0 spiro atoms. The number of morpholine rings is 1. The van der Waals surface area contributed by atoms with Crippen molar-refractivity contribution in [2.24, 2.45) is 11.5 Å². The Bertz CT molecular complexity index is 1160. The number of carbonyl (C=O) groups is 2. The molecule has 3 aliphatic heterocycles. The maximum Gasteiger partial charge on any atom is 0.286 e. The maximum absolute atomic E-state index is 14.8. The van der Waals surface area contributed by atoms with Crippen LogP contribution in [0.1, 0.15) is 12.2 Å². The van der Waals surface area contributed by atoms with Crippen molar-refractivity contribution < 1.29 is 23.1 Å². The van der Waals surface area contributed by atoms with Gasteiger partial charge in [-0.3, -0.25) is 9.59 Å². The molecule has 0 aliphatic carbocycles. The molecule has 1 aromatic heterocycles. The van der Waals surface area contributed by atoms with E-state index < -0.39 is 24.0 Å². The Balaban J connectivity index is 1.42. The zero-order chi connectivity index (χ0) is 26.9. The number of nitrogens with two attached hydrogens (primary N) is 2. The number of nitrogens with zero attached hydrogens (tertiary/aromatic N) is 5. The molecule has 0 radical (unpaired) electrons. The van der Waals surface area contributed by atoms with Crippen LogP contribution >= 0.6 is 0 Å². The number of halogens is 2. The van der Waals surface area contributed by atoms with Crippen molar-refractivity contribution in [3.05, 3.63) is 36.2 Å². The number of anilines is 4. The number of hydrogen-bond donors (Lipinski definition) is 4. The molecule has 2 saturated heterocycles. The first-order valence-corrected chi connectivity index (χ1v) is 12.5. The molecule has 0 bridgehead atoms. The van der Waals surface area contributed by atoms with E-state index >= 15 is 0 Å². The van der Waals surface area contributed by atoms with E-state index in [0.29, 0.717) is 75.5 Å². The van der Waals surface area contributed by atoms with E-state index in [0.717, 1.165) is 0 Å². The van der Waals surface area contributed by atoms with Crippen LogP contribution in [-0.4, -0.2) is 91.6 Å². The van der Waals surface area contributed by atoms with Gasteiger partial charge in [0, 0.05) is 45.3 Å². The molecule has 3 aliphatic rings. The summed E-state index contributed by atoms with van der Waals surface area (Å²) in [5.74, 6) is -0.0584. The number of para-hydroxylation sites is 2. The summed E-state index contributed by atoms with van der Waals surface area (Å²) in [6.45, 7) is 3.70. The summed E-state index contributed by atoms with van der Waals surface area (Å²) in [7, 11) is 0. The molecule has 5 rings (SSSR count). The Morgan fingerprint density at radius 3 is 2.05 bits per heavy atom. The van der Waals surface area contributed by atoms with Crippen LogP contribution in [0.5, 0.6) is 0 Å². The predicted molar refractivity (Wildman–Crippen MR) is 137 cm³/mol. The molecule has 38 heavy (non-hydrogen) atoms. The number of primary amides is 1. The Kier molecular flexibility index (Phi) is 7.17. The summed E-state index contributed by atoms with van der Waals surface area (Å²) in [5, 5.41) is 5.85. The summed E-state index contributed by atoms with van der Waals surface area (Å²) < 4.78 is 35.0. The molecule has 6 N–H and O–H groups in total. The second-order valence-corrected chi connectivity index (χ2v) is 9.49. The van der Waals surface area contributed by atoms with Gasteiger partial charge in [-0.2, -0.15) is 0 Å². The summed E-state index contributed by atoms with van der Waals surface area (Å²) in [6, 6.07) is 7.73. The molecule has 0 saturated carbocycles. The molecule has 1 atom stereocenters. The normalized spacial score (nSPS) is 19.5. The van der Waals surface area contributed by atoms with E-state index in [1.54, 1.807) is 35.2 Å². The minimum atomic E-state index is -2.87. The second-order valence-electron chi connectivity index (χ2n) is 9.49. The number of rotatable bonds is 7. The van der Waals surface area contributed by atoms with Crippen molar-refractivity contribution in [1.29, 1.82) is 0 Å². The first-order valence-electron chi connectivity index (χ1n) is 12.5. The van der Waals surface area contributed by atoms with E-state index in [2.05, 4.69) is 20.6 Å². The van der Waals surface area contributed by atoms with Gasteiger partial charge >= 0.3 is 0 Å². The number of alkyl halides is 2. The highest BCUT2D eigenvalue weighted by molar-refractivity contribution is 5.87. The minimum Gasteiger partial charge on any atom is -0.378 e. The Morgan fingerprint density at radius 2 is 1.53 bits per heavy atom. The fraction of sp³-hybridized carbons (Fsp3) is 0.500. The fourth-order valence-electron chi connectivity index (χ4n) is 4.79. The Hall–Kier alpha value is -3.78. The Labute approximate surface area is 218 Å². The van der Waals surface area contributed by atoms with Gasteiger partial charge in [0.05, 0.1) is 37.1 Å². The number of benzene rings is 1. The molecule has 204 valence electrons. The lowest BCUT2D eigenvalue weighted by molar-refractivity contribution is -0.134. The first kappa shape index (κ1) is 25.9.